The Kier molecular flexibility index (Phi) is 7.19. The van der Waals surface area contributed by atoms with Crippen LogP contribution in [0.1, 0.15) is 77.6 Å². The number of rotatable bonds is 8. The predicted octanol–water partition coefficient (Wildman–Crippen LogP) is 3.44. The van der Waals surface area contributed by atoms with Crippen molar-refractivity contribution in [3.05, 3.63) is 0 Å². The Balaban J connectivity index is 1.42. The van der Waals surface area contributed by atoms with Crippen LogP contribution in [0.5, 0.6) is 0 Å². The van der Waals surface area contributed by atoms with Gasteiger partial charge in [-0.25, -0.2) is 0 Å². The van der Waals surface area contributed by atoms with Crippen molar-refractivity contribution < 1.29 is 9.59 Å². The first-order valence-electron chi connectivity index (χ1n) is 12.7. The molecular formula is C25H39N5O2. The van der Waals surface area contributed by atoms with Gasteiger partial charge in [0.15, 0.2) is 5.66 Å². The van der Waals surface area contributed by atoms with Crippen molar-refractivity contribution in [2.24, 2.45) is 16.1 Å². The molecule has 0 spiro atoms. The van der Waals surface area contributed by atoms with Gasteiger partial charge in [0, 0.05) is 57.9 Å². The number of carbonyl (C=O) groups is 2. The van der Waals surface area contributed by atoms with Gasteiger partial charge in [-0.1, -0.05) is 19.8 Å². The molecule has 1 aliphatic carbocycles. The van der Waals surface area contributed by atoms with Gasteiger partial charge in [-0.15, -0.1) is 12.3 Å². The normalized spacial score (nSPS) is 29.4. The van der Waals surface area contributed by atoms with Crippen molar-refractivity contribution in [2.75, 3.05) is 26.7 Å². The van der Waals surface area contributed by atoms with Gasteiger partial charge in [0.2, 0.25) is 11.8 Å². The van der Waals surface area contributed by atoms with E-state index in [9.17, 15) is 9.59 Å². The molecule has 4 rings (SSSR count). The standard InChI is InChI=1S/C25H39N5O2/c1-4-6-14-25(26-27-25)15-11-23(31)30-21-10-8-7-9-19(21)18-22(30)24(32)28(3)20-12-16-29(5-2)17-13-20/h1,19-22H,5-18H2,2-3H3. The number of amides is 2. The molecule has 3 heterocycles. The molecule has 4 aliphatic rings. The summed E-state index contributed by atoms with van der Waals surface area (Å²) in [6, 6.07) is 0.191. The minimum absolute atomic E-state index is 0.101. The summed E-state index contributed by atoms with van der Waals surface area (Å²) in [6.45, 7) is 5.35. The topological polar surface area (TPSA) is 68.6 Å². The van der Waals surface area contributed by atoms with Gasteiger partial charge >= 0.3 is 0 Å². The molecule has 7 nitrogen and oxygen atoms in total. The Morgan fingerprint density at radius 3 is 2.50 bits per heavy atom. The summed E-state index contributed by atoms with van der Waals surface area (Å²) in [5.74, 6) is 3.35. The highest BCUT2D eigenvalue weighted by Gasteiger charge is 2.49. The number of nitrogens with zero attached hydrogens (tertiary/aromatic N) is 5. The fraction of sp³-hybridized carbons (Fsp3) is 0.840. The maximum Gasteiger partial charge on any atom is 0.245 e. The molecule has 0 bridgehead atoms. The number of piperidine rings is 1. The molecule has 2 saturated heterocycles. The fourth-order valence-corrected chi connectivity index (χ4v) is 6.18. The van der Waals surface area contributed by atoms with E-state index in [-0.39, 0.29) is 29.9 Å². The van der Waals surface area contributed by atoms with Gasteiger partial charge in [0.05, 0.1) is 0 Å². The van der Waals surface area contributed by atoms with Gasteiger partial charge in [0.1, 0.15) is 6.04 Å². The van der Waals surface area contributed by atoms with Crippen molar-refractivity contribution in [1.82, 2.24) is 14.7 Å². The summed E-state index contributed by atoms with van der Waals surface area (Å²) < 4.78 is 0. The third kappa shape index (κ3) is 4.85. The first-order chi connectivity index (χ1) is 15.5. The molecule has 2 amide bonds. The third-order valence-electron chi connectivity index (χ3n) is 8.35. The second-order valence-electron chi connectivity index (χ2n) is 10.2. The monoisotopic (exact) mass is 441 g/mol. The lowest BCUT2D eigenvalue weighted by molar-refractivity contribution is -0.146. The Bertz CT molecular complexity index is 761. The van der Waals surface area contributed by atoms with Crippen LogP contribution in [0, 0.1) is 18.3 Å². The Morgan fingerprint density at radius 2 is 1.84 bits per heavy atom. The number of likely N-dealkylation sites (tertiary alicyclic amines) is 2. The summed E-state index contributed by atoms with van der Waals surface area (Å²) in [6.07, 6.45) is 15.1. The molecule has 3 atom stereocenters. The van der Waals surface area contributed by atoms with Crippen LogP contribution < -0.4 is 0 Å². The Morgan fingerprint density at radius 1 is 1.12 bits per heavy atom. The molecule has 1 saturated carbocycles. The van der Waals surface area contributed by atoms with Gasteiger partial charge in [-0.05, 0) is 44.6 Å². The summed E-state index contributed by atoms with van der Waals surface area (Å²) in [5.41, 5.74) is -0.447. The molecule has 176 valence electrons. The molecule has 0 N–H and O–H groups in total. The molecule has 7 heteroatoms. The van der Waals surface area contributed by atoms with Gasteiger partial charge in [-0.3, -0.25) is 9.59 Å². The van der Waals surface area contributed by atoms with E-state index in [0.717, 1.165) is 58.2 Å². The molecule has 0 aromatic heterocycles. The molecule has 32 heavy (non-hydrogen) atoms. The van der Waals surface area contributed by atoms with Crippen molar-refractivity contribution >= 4 is 11.8 Å². The molecule has 0 aromatic rings. The van der Waals surface area contributed by atoms with Gasteiger partial charge in [0.25, 0.3) is 0 Å². The quantitative estimate of drug-likeness (QED) is 0.542. The number of likely N-dealkylation sites (N-methyl/N-ethyl adjacent to an activating group) is 1. The van der Waals surface area contributed by atoms with Crippen LogP contribution in [0.4, 0.5) is 0 Å². The smallest absolute Gasteiger partial charge is 0.245 e. The van der Waals surface area contributed by atoms with Crippen LogP contribution in [0.3, 0.4) is 0 Å². The van der Waals surface area contributed by atoms with Crippen LogP contribution in [-0.4, -0.2) is 77.0 Å². The predicted molar refractivity (Wildman–Crippen MR) is 124 cm³/mol. The van der Waals surface area contributed by atoms with E-state index in [4.69, 9.17) is 6.42 Å². The van der Waals surface area contributed by atoms with E-state index in [1.54, 1.807) is 0 Å². The van der Waals surface area contributed by atoms with Crippen molar-refractivity contribution in [3.8, 4) is 12.3 Å². The zero-order valence-corrected chi connectivity index (χ0v) is 19.8. The highest BCUT2D eigenvalue weighted by molar-refractivity contribution is 5.89. The first kappa shape index (κ1) is 23.2. The van der Waals surface area contributed by atoms with Crippen LogP contribution in [0.2, 0.25) is 0 Å². The lowest BCUT2D eigenvalue weighted by atomic mass is 9.84. The van der Waals surface area contributed by atoms with Crippen molar-refractivity contribution in [2.45, 2.75) is 101 Å². The molecule has 0 aromatic carbocycles. The molecule has 3 unspecified atom stereocenters. The van der Waals surface area contributed by atoms with Gasteiger partial charge < -0.3 is 14.7 Å². The number of fused-ring (bicyclic) bond motifs is 1. The summed E-state index contributed by atoms with van der Waals surface area (Å²) in [4.78, 5) is 33.5. The number of terminal acetylenes is 1. The number of hydrogen-bond acceptors (Lipinski definition) is 5. The second-order valence-corrected chi connectivity index (χ2v) is 10.2. The zero-order chi connectivity index (χ0) is 22.7. The largest absolute Gasteiger partial charge is 0.341 e. The zero-order valence-electron chi connectivity index (χ0n) is 19.8. The van der Waals surface area contributed by atoms with E-state index in [1.807, 2.05) is 16.8 Å². The van der Waals surface area contributed by atoms with E-state index in [2.05, 4.69) is 28.0 Å². The lowest BCUT2D eigenvalue weighted by Crippen LogP contribution is -2.53. The van der Waals surface area contributed by atoms with E-state index < -0.39 is 5.66 Å². The minimum Gasteiger partial charge on any atom is -0.341 e. The molecule has 0 radical (unpaired) electrons. The summed E-state index contributed by atoms with van der Waals surface area (Å²) in [5, 5.41) is 8.38. The highest BCUT2D eigenvalue weighted by Crippen LogP contribution is 2.42. The molecular weight excluding hydrogens is 402 g/mol. The lowest BCUT2D eigenvalue weighted by Gasteiger charge is -2.39. The third-order valence-corrected chi connectivity index (χ3v) is 8.35. The number of hydrogen-bond donors (Lipinski definition) is 0. The first-order valence-corrected chi connectivity index (χ1v) is 12.7. The SMILES string of the molecule is C#CCCC1(CCC(=O)N2C(C(=O)N(C)C3CCN(CC)CC3)CC3CCCCC32)N=N1. The summed E-state index contributed by atoms with van der Waals surface area (Å²) in [7, 11) is 1.95. The van der Waals surface area contributed by atoms with Crippen LogP contribution >= 0.6 is 0 Å². The van der Waals surface area contributed by atoms with Crippen molar-refractivity contribution in [3.63, 3.8) is 0 Å². The second kappa shape index (κ2) is 9.91. The van der Waals surface area contributed by atoms with E-state index >= 15 is 0 Å². The Labute approximate surface area is 193 Å². The fourth-order valence-electron chi connectivity index (χ4n) is 6.18. The van der Waals surface area contributed by atoms with Gasteiger partial charge in [-0.2, -0.15) is 10.2 Å². The maximum absolute atomic E-state index is 13.7. The maximum atomic E-state index is 13.7. The van der Waals surface area contributed by atoms with Crippen LogP contribution in [0.15, 0.2) is 10.2 Å². The number of carbonyl (C=O) groups excluding carboxylic acids is 2. The molecule has 3 aliphatic heterocycles. The van der Waals surface area contributed by atoms with Crippen LogP contribution in [-0.2, 0) is 9.59 Å². The van der Waals surface area contributed by atoms with Crippen LogP contribution in [0.25, 0.3) is 0 Å². The summed E-state index contributed by atoms with van der Waals surface area (Å²) >= 11 is 0. The highest BCUT2D eigenvalue weighted by atomic mass is 16.2. The average Bonchev–Trinajstić information content (AvgIpc) is 3.50. The van der Waals surface area contributed by atoms with E-state index in [1.165, 1.54) is 6.42 Å². The average molecular weight is 442 g/mol. The Hall–Kier alpha value is -1.94. The minimum atomic E-state index is -0.447. The van der Waals surface area contributed by atoms with E-state index in [0.29, 0.717) is 31.6 Å². The molecule has 3 fully saturated rings. The van der Waals surface area contributed by atoms with Crippen molar-refractivity contribution in [1.29, 1.82) is 0 Å².